The molecule has 0 saturated heterocycles. The molecule has 106 valence electrons. The van der Waals surface area contributed by atoms with Crippen LogP contribution in [-0.2, 0) is 9.47 Å². The van der Waals surface area contributed by atoms with Gasteiger partial charge < -0.3 is 14.5 Å². The third-order valence-electron chi connectivity index (χ3n) is 2.46. The lowest BCUT2D eigenvalue weighted by molar-refractivity contribution is 0.0518. The van der Waals surface area contributed by atoms with Crippen LogP contribution in [-0.4, -0.2) is 30.1 Å². The zero-order valence-electron chi connectivity index (χ0n) is 10.9. The van der Waals surface area contributed by atoms with Crippen LogP contribution in [0.15, 0.2) is 0 Å². The third kappa shape index (κ3) is 3.42. The molecule has 1 heterocycles. The summed E-state index contributed by atoms with van der Waals surface area (Å²) >= 11 is 11.6. The summed E-state index contributed by atoms with van der Waals surface area (Å²) < 4.78 is 9.81. The maximum absolute atomic E-state index is 11.9. The van der Waals surface area contributed by atoms with Crippen molar-refractivity contribution in [1.29, 1.82) is 0 Å². The molecule has 1 N–H and O–H groups in total. The van der Waals surface area contributed by atoms with E-state index in [0.717, 1.165) is 0 Å². The van der Waals surface area contributed by atoms with Crippen molar-refractivity contribution in [1.82, 2.24) is 4.98 Å². The number of hydrogen-bond donors (Lipinski definition) is 1. The summed E-state index contributed by atoms with van der Waals surface area (Å²) in [6.45, 7) is 5.42. The Kier molecular flexibility index (Phi) is 5.69. The molecule has 0 aromatic carbocycles. The Morgan fingerprint density at radius 2 is 1.68 bits per heavy atom. The van der Waals surface area contributed by atoms with Gasteiger partial charge in [-0.2, -0.15) is 0 Å². The molecule has 19 heavy (non-hydrogen) atoms. The molecule has 0 bridgehead atoms. The van der Waals surface area contributed by atoms with Crippen LogP contribution in [0.2, 0.25) is 0 Å². The first-order valence-electron chi connectivity index (χ1n) is 5.78. The number of H-pyrrole nitrogens is 1. The zero-order chi connectivity index (χ0) is 14.6. The number of carbonyl (C=O) groups excluding carboxylic acids is 2. The molecule has 0 atom stereocenters. The maximum Gasteiger partial charge on any atom is 0.355 e. The van der Waals surface area contributed by atoms with Gasteiger partial charge in [0.2, 0.25) is 0 Å². The van der Waals surface area contributed by atoms with Crippen molar-refractivity contribution in [3.05, 3.63) is 22.5 Å². The molecule has 1 aromatic heterocycles. The topological polar surface area (TPSA) is 68.4 Å². The Morgan fingerprint density at radius 3 is 2.16 bits per heavy atom. The quantitative estimate of drug-likeness (QED) is 0.670. The lowest BCUT2D eigenvalue weighted by atomic mass is 10.1. The molecule has 0 unspecified atom stereocenters. The summed E-state index contributed by atoms with van der Waals surface area (Å²) in [5, 5.41) is 0. The van der Waals surface area contributed by atoms with E-state index in [1.165, 1.54) is 0 Å². The summed E-state index contributed by atoms with van der Waals surface area (Å²) in [6.07, 6.45) is 0. The average molecular weight is 308 g/mol. The Balaban J connectivity index is 3.28. The molecule has 0 amide bonds. The molecule has 0 radical (unpaired) electrons. The number of hydrogen-bond acceptors (Lipinski definition) is 4. The van der Waals surface area contributed by atoms with E-state index in [-0.39, 0.29) is 30.2 Å². The Morgan fingerprint density at radius 1 is 1.16 bits per heavy atom. The maximum atomic E-state index is 11.9. The molecule has 1 rings (SSSR count). The first-order chi connectivity index (χ1) is 8.93. The van der Waals surface area contributed by atoms with E-state index in [9.17, 15) is 9.59 Å². The number of aromatic nitrogens is 1. The summed E-state index contributed by atoms with van der Waals surface area (Å²) in [5.41, 5.74) is 0.992. The highest BCUT2D eigenvalue weighted by molar-refractivity contribution is 6.44. The van der Waals surface area contributed by atoms with E-state index in [2.05, 4.69) is 4.98 Å². The van der Waals surface area contributed by atoms with Crippen LogP contribution in [0.1, 0.15) is 50.8 Å². The summed E-state index contributed by atoms with van der Waals surface area (Å²) in [7, 11) is 0. The van der Waals surface area contributed by atoms with Crippen LogP contribution < -0.4 is 0 Å². The highest BCUT2D eigenvalue weighted by atomic mass is 35.5. The molecule has 0 aliphatic heterocycles. The van der Waals surface area contributed by atoms with E-state index in [4.69, 9.17) is 32.7 Å². The average Bonchev–Trinajstić information content (AvgIpc) is 2.67. The van der Waals surface area contributed by atoms with E-state index >= 15 is 0 Å². The number of aromatic amines is 1. The van der Waals surface area contributed by atoms with Gasteiger partial charge in [-0.15, -0.1) is 0 Å². The summed E-state index contributed by atoms with van der Waals surface area (Å²) in [5.74, 6) is -1.14. The van der Waals surface area contributed by atoms with Crippen molar-refractivity contribution in [2.75, 3.05) is 13.2 Å². The van der Waals surface area contributed by atoms with Gasteiger partial charge in [-0.05, 0) is 26.3 Å². The standard InChI is InChI=1S/C12H15Cl2NO4/c1-4-18-11(16)7-6(3)8(12(17)19-5-2)15-9(7)10(13)14/h10,15H,4-5H2,1-3H3. The van der Waals surface area contributed by atoms with Crippen molar-refractivity contribution in [3.8, 4) is 0 Å². The van der Waals surface area contributed by atoms with E-state index < -0.39 is 16.8 Å². The second-order valence-corrected chi connectivity index (χ2v) is 4.75. The van der Waals surface area contributed by atoms with Crippen LogP contribution in [0.4, 0.5) is 0 Å². The number of carbonyl (C=O) groups is 2. The number of ether oxygens (including phenoxy) is 2. The number of rotatable bonds is 5. The van der Waals surface area contributed by atoms with Crippen LogP contribution in [0.3, 0.4) is 0 Å². The van der Waals surface area contributed by atoms with Crippen LogP contribution in [0, 0.1) is 6.92 Å². The smallest absolute Gasteiger partial charge is 0.355 e. The van der Waals surface area contributed by atoms with Gasteiger partial charge in [-0.1, -0.05) is 23.2 Å². The molecule has 1 aromatic rings. The Hall–Kier alpha value is -1.20. The first-order valence-corrected chi connectivity index (χ1v) is 6.66. The predicted octanol–water partition coefficient (Wildman–Crippen LogP) is 3.15. The summed E-state index contributed by atoms with van der Waals surface area (Å²) in [6, 6.07) is 0. The molecular weight excluding hydrogens is 293 g/mol. The van der Waals surface area contributed by atoms with Crippen molar-refractivity contribution in [2.45, 2.75) is 25.6 Å². The molecule has 0 fully saturated rings. The van der Waals surface area contributed by atoms with Gasteiger partial charge in [0.05, 0.1) is 24.5 Å². The number of alkyl halides is 2. The van der Waals surface area contributed by atoms with Gasteiger partial charge in [0.1, 0.15) is 10.5 Å². The second kappa shape index (κ2) is 6.82. The van der Waals surface area contributed by atoms with Crippen molar-refractivity contribution >= 4 is 35.1 Å². The molecule has 0 saturated carbocycles. The Bertz CT molecular complexity index is 482. The normalized spacial score (nSPS) is 10.6. The SMILES string of the molecule is CCOC(=O)c1[nH]c(C(Cl)Cl)c(C(=O)OCC)c1C. The fourth-order valence-electron chi connectivity index (χ4n) is 1.66. The third-order valence-corrected chi connectivity index (χ3v) is 2.89. The highest BCUT2D eigenvalue weighted by Gasteiger charge is 2.28. The number of halogens is 2. The molecule has 0 aliphatic rings. The zero-order valence-corrected chi connectivity index (χ0v) is 12.4. The van der Waals surface area contributed by atoms with E-state index in [1.807, 2.05) is 0 Å². The summed E-state index contributed by atoms with van der Waals surface area (Å²) in [4.78, 5) is 25.4. The predicted molar refractivity (Wildman–Crippen MR) is 71.9 cm³/mol. The van der Waals surface area contributed by atoms with Crippen molar-refractivity contribution in [3.63, 3.8) is 0 Å². The Labute approximate surface area is 121 Å². The van der Waals surface area contributed by atoms with Crippen LogP contribution >= 0.6 is 23.2 Å². The lowest BCUT2D eigenvalue weighted by Crippen LogP contribution is -2.09. The van der Waals surface area contributed by atoms with Gasteiger partial charge >= 0.3 is 11.9 Å². The van der Waals surface area contributed by atoms with Crippen molar-refractivity contribution < 1.29 is 19.1 Å². The van der Waals surface area contributed by atoms with E-state index in [0.29, 0.717) is 5.56 Å². The molecule has 5 nitrogen and oxygen atoms in total. The van der Waals surface area contributed by atoms with Gasteiger partial charge in [0.15, 0.2) is 0 Å². The molecule has 0 aliphatic carbocycles. The number of nitrogens with one attached hydrogen (secondary N) is 1. The van der Waals surface area contributed by atoms with Crippen molar-refractivity contribution in [2.24, 2.45) is 0 Å². The minimum Gasteiger partial charge on any atom is -0.462 e. The second-order valence-electron chi connectivity index (χ2n) is 3.66. The van der Waals surface area contributed by atoms with Gasteiger partial charge in [-0.3, -0.25) is 0 Å². The van der Waals surface area contributed by atoms with Gasteiger partial charge in [0, 0.05) is 0 Å². The highest BCUT2D eigenvalue weighted by Crippen LogP contribution is 2.31. The molecular formula is C12H15Cl2NO4. The van der Waals surface area contributed by atoms with Crippen LogP contribution in [0.25, 0.3) is 0 Å². The monoisotopic (exact) mass is 307 g/mol. The van der Waals surface area contributed by atoms with Gasteiger partial charge in [-0.25, -0.2) is 9.59 Å². The number of esters is 2. The fraction of sp³-hybridized carbons (Fsp3) is 0.500. The largest absolute Gasteiger partial charge is 0.462 e. The van der Waals surface area contributed by atoms with Crippen LogP contribution in [0.5, 0.6) is 0 Å². The molecule has 7 heteroatoms. The van der Waals surface area contributed by atoms with Gasteiger partial charge in [0.25, 0.3) is 0 Å². The lowest BCUT2D eigenvalue weighted by Gasteiger charge is -2.05. The first kappa shape index (κ1) is 15.9. The minimum atomic E-state index is -0.971. The molecule has 0 spiro atoms. The minimum absolute atomic E-state index is 0.159. The fourth-order valence-corrected chi connectivity index (χ4v) is 1.98. The van der Waals surface area contributed by atoms with E-state index in [1.54, 1.807) is 20.8 Å².